The second kappa shape index (κ2) is 6.79. The number of aromatic nitrogens is 2. The van der Waals surface area contributed by atoms with Gasteiger partial charge in [0.15, 0.2) is 0 Å². The SMILES string of the molecule is O=C([C@H]1CNCCO1)N1CCc2[nH]nc(-c3cccc4ccccc34)c2C1. The van der Waals surface area contributed by atoms with E-state index in [-0.39, 0.29) is 12.0 Å². The molecule has 0 saturated carbocycles. The van der Waals surface area contributed by atoms with Gasteiger partial charge in [0.05, 0.1) is 12.3 Å². The Labute approximate surface area is 157 Å². The Hall–Kier alpha value is -2.70. The van der Waals surface area contributed by atoms with Gasteiger partial charge >= 0.3 is 0 Å². The van der Waals surface area contributed by atoms with E-state index in [2.05, 4.69) is 45.8 Å². The van der Waals surface area contributed by atoms with Crippen LogP contribution in [0, 0.1) is 0 Å². The van der Waals surface area contributed by atoms with E-state index in [0.717, 1.165) is 35.5 Å². The van der Waals surface area contributed by atoms with Crippen LogP contribution in [0.25, 0.3) is 22.0 Å². The molecule has 2 aliphatic heterocycles. The summed E-state index contributed by atoms with van der Waals surface area (Å²) in [6, 6.07) is 14.6. The molecule has 2 N–H and O–H groups in total. The highest BCUT2D eigenvalue weighted by Crippen LogP contribution is 2.33. The zero-order valence-electron chi connectivity index (χ0n) is 15.1. The Morgan fingerprint density at radius 2 is 2.07 bits per heavy atom. The predicted octanol–water partition coefficient (Wildman–Crippen LogP) is 2.10. The molecule has 1 fully saturated rings. The fourth-order valence-electron chi connectivity index (χ4n) is 4.07. The fraction of sp³-hybridized carbons (Fsp3) is 0.333. The highest BCUT2D eigenvalue weighted by Gasteiger charge is 2.31. The minimum Gasteiger partial charge on any atom is -0.366 e. The number of nitrogens with one attached hydrogen (secondary N) is 2. The number of aromatic amines is 1. The number of benzene rings is 2. The van der Waals surface area contributed by atoms with Crippen molar-refractivity contribution in [3.05, 3.63) is 53.7 Å². The maximum absolute atomic E-state index is 12.9. The summed E-state index contributed by atoms with van der Waals surface area (Å²) in [4.78, 5) is 14.8. The number of morpholine rings is 1. The van der Waals surface area contributed by atoms with Gasteiger partial charge in [-0.05, 0) is 10.8 Å². The molecule has 0 aliphatic carbocycles. The van der Waals surface area contributed by atoms with Crippen LogP contribution in [-0.4, -0.2) is 53.3 Å². The van der Waals surface area contributed by atoms with Gasteiger partial charge in [0.1, 0.15) is 6.10 Å². The van der Waals surface area contributed by atoms with Crippen molar-refractivity contribution in [2.24, 2.45) is 0 Å². The van der Waals surface area contributed by atoms with Crippen LogP contribution in [0.2, 0.25) is 0 Å². The molecule has 2 aliphatic rings. The molecule has 0 radical (unpaired) electrons. The number of rotatable bonds is 2. The van der Waals surface area contributed by atoms with E-state index in [0.29, 0.717) is 26.2 Å². The molecule has 5 rings (SSSR count). The number of carbonyl (C=O) groups is 1. The van der Waals surface area contributed by atoms with E-state index in [1.54, 1.807) is 0 Å². The molecule has 3 aromatic rings. The molecule has 6 nitrogen and oxygen atoms in total. The van der Waals surface area contributed by atoms with Crippen LogP contribution in [-0.2, 0) is 22.5 Å². The predicted molar refractivity (Wildman–Crippen MR) is 103 cm³/mol. The summed E-state index contributed by atoms with van der Waals surface area (Å²) in [5.41, 5.74) is 4.30. The lowest BCUT2D eigenvalue weighted by atomic mass is 9.96. The molecule has 1 atom stereocenters. The maximum atomic E-state index is 12.9. The smallest absolute Gasteiger partial charge is 0.253 e. The van der Waals surface area contributed by atoms with Crippen molar-refractivity contribution in [1.29, 1.82) is 0 Å². The van der Waals surface area contributed by atoms with E-state index in [1.165, 1.54) is 10.8 Å². The standard InChI is InChI=1S/C21H22N4O2/c26-21(19-12-22-9-11-27-19)25-10-8-18-17(13-25)20(24-23-18)16-7-3-5-14-4-1-2-6-15(14)16/h1-7,19,22H,8-13H2,(H,23,24)/t19-/m1/s1. The maximum Gasteiger partial charge on any atom is 0.253 e. The number of hydrogen-bond acceptors (Lipinski definition) is 4. The minimum atomic E-state index is -0.381. The van der Waals surface area contributed by atoms with Crippen LogP contribution in [0.5, 0.6) is 0 Å². The van der Waals surface area contributed by atoms with E-state index >= 15 is 0 Å². The Morgan fingerprint density at radius 1 is 1.19 bits per heavy atom. The van der Waals surface area contributed by atoms with Gasteiger partial charge in [-0.1, -0.05) is 42.5 Å². The van der Waals surface area contributed by atoms with Crippen LogP contribution in [0.1, 0.15) is 11.3 Å². The lowest BCUT2D eigenvalue weighted by Crippen LogP contribution is -2.50. The molecule has 1 aromatic heterocycles. The van der Waals surface area contributed by atoms with Gasteiger partial charge in [0.2, 0.25) is 0 Å². The quantitative estimate of drug-likeness (QED) is 0.733. The molecule has 138 valence electrons. The molecule has 6 heteroatoms. The number of nitrogens with zero attached hydrogens (tertiary/aromatic N) is 2. The second-order valence-corrected chi connectivity index (χ2v) is 7.13. The molecule has 0 spiro atoms. The average Bonchev–Trinajstić information content (AvgIpc) is 3.16. The highest BCUT2D eigenvalue weighted by atomic mass is 16.5. The lowest BCUT2D eigenvalue weighted by molar-refractivity contribution is -0.146. The van der Waals surface area contributed by atoms with Crippen LogP contribution < -0.4 is 5.32 Å². The number of H-pyrrole nitrogens is 1. The van der Waals surface area contributed by atoms with E-state index in [1.807, 2.05) is 17.0 Å². The monoisotopic (exact) mass is 362 g/mol. The second-order valence-electron chi connectivity index (χ2n) is 7.13. The topological polar surface area (TPSA) is 70.2 Å². The number of carbonyl (C=O) groups excluding carboxylic acids is 1. The van der Waals surface area contributed by atoms with Crippen LogP contribution in [0.3, 0.4) is 0 Å². The summed E-state index contributed by atoms with van der Waals surface area (Å²) >= 11 is 0. The molecule has 1 amide bonds. The third-order valence-electron chi connectivity index (χ3n) is 5.49. The first-order chi connectivity index (χ1) is 13.3. The number of fused-ring (bicyclic) bond motifs is 2. The first-order valence-electron chi connectivity index (χ1n) is 9.46. The van der Waals surface area contributed by atoms with Crippen LogP contribution in [0.15, 0.2) is 42.5 Å². The van der Waals surface area contributed by atoms with E-state index < -0.39 is 0 Å². The molecular formula is C21H22N4O2. The summed E-state index contributed by atoms with van der Waals surface area (Å²) < 4.78 is 5.66. The average molecular weight is 362 g/mol. The summed E-state index contributed by atoms with van der Waals surface area (Å²) in [7, 11) is 0. The Kier molecular flexibility index (Phi) is 4.14. The van der Waals surface area contributed by atoms with Crippen LogP contribution in [0.4, 0.5) is 0 Å². The molecule has 0 bridgehead atoms. The highest BCUT2D eigenvalue weighted by molar-refractivity contribution is 5.96. The van der Waals surface area contributed by atoms with Gasteiger partial charge in [-0.15, -0.1) is 0 Å². The Balaban J connectivity index is 1.48. The summed E-state index contributed by atoms with van der Waals surface area (Å²) in [6.07, 6.45) is 0.409. The molecule has 0 unspecified atom stereocenters. The Bertz CT molecular complexity index is 986. The van der Waals surface area contributed by atoms with Crippen molar-refractivity contribution in [2.45, 2.75) is 19.1 Å². The van der Waals surface area contributed by atoms with Crippen molar-refractivity contribution in [3.8, 4) is 11.3 Å². The van der Waals surface area contributed by atoms with Gasteiger partial charge < -0.3 is 15.0 Å². The molecule has 2 aromatic carbocycles. The number of amides is 1. The van der Waals surface area contributed by atoms with E-state index in [9.17, 15) is 4.79 Å². The van der Waals surface area contributed by atoms with Crippen LogP contribution >= 0.6 is 0 Å². The summed E-state index contributed by atoms with van der Waals surface area (Å²) in [6.45, 7) is 3.25. The zero-order chi connectivity index (χ0) is 18.2. The number of hydrogen-bond donors (Lipinski definition) is 2. The third-order valence-corrected chi connectivity index (χ3v) is 5.49. The molecular weight excluding hydrogens is 340 g/mol. The number of ether oxygens (including phenoxy) is 1. The largest absolute Gasteiger partial charge is 0.366 e. The Morgan fingerprint density at radius 3 is 2.96 bits per heavy atom. The fourth-order valence-corrected chi connectivity index (χ4v) is 4.07. The van der Waals surface area contributed by atoms with Crippen molar-refractivity contribution in [3.63, 3.8) is 0 Å². The summed E-state index contributed by atoms with van der Waals surface area (Å²) in [5, 5.41) is 13.4. The molecule has 27 heavy (non-hydrogen) atoms. The van der Waals surface area contributed by atoms with Crippen molar-refractivity contribution in [1.82, 2.24) is 20.4 Å². The van der Waals surface area contributed by atoms with Crippen molar-refractivity contribution >= 4 is 16.7 Å². The zero-order valence-corrected chi connectivity index (χ0v) is 15.1. The minimum absolute atomic E-state index is 0.0675. The third kappa shape index (κ3) is 2.91. The molecule has 1 saturated heterocycles. The van der Waals surface area contributed by atoms with Gasteiger partial charge in [0.25, 0.3) is 5.91 Å². The van der Waals surface area contributed by atoms with Gasteiger partial charge in [-0.2, -0.15) is 5.10 Å². The first-order valence-corrected chi connectivity index (χ1v) is 9.46. The normalized spacial score (nSPS) is 19.9. The lowest BCUT2D eigenvalue weighted by Gasteiger charge is -2.32. The molecule has 3 heterocycles. The summed E-state index contributed by atoms with van der Waals surface area (Å²) in [5.74, 6) is 0.0675. The van der Waals surface area contributed by atoms with Gasteiger partial charge in [-0.3, -0.25) is 9.89 Å². The van der Waals surface area contributed by atoms with Crippen molar-refractivity contribution in [2.75, 3.05) is 26.2 Å². The first kappa shape index (κ1) is 16.5. The van der Waals surface area contributed by atoms with Gasteiger partial charge in [0, 0.05) is 49.4 Å². The van der Waals surface area contributed by atoms with Crippen molar-refractivity contribution < 1.29 is 9.53 Å². The van der Waals surface area contributed by atoms with Gasteiger partial charge in [-0.25, -0.2) is 0 Å². The van der Waals surface area contributed by atoms with E-state index in [4.69, 9.17) is 4.74 Å².